The van der Waals surface area contributed by atoms with Gasteiger partial charge in [-0.2, -0.15) is 0 Å². The van der Waals surface area contributed by atoms with Crippen LogP contribution in [0.15, 0.2) is 23.0 Å². The summed E-state index contributed by atoms with van der Waals surface area (Å²) in [5.41, 5.74) is 1.06. The number of aromatic amines is 1. The molecule has 0 saturated carbocycles. The van der Waals surface area contributed by atoms with Crippen LogP contribution in [0.3, 0.4) is 0 Å². The van der Waals surface area contributed by atoms with Crippen molar-refractivity contribution in [3.8, 4) is 11.5 Å². The van der Waals surface area contributed by atoms with Gasteiger partial charge in [0, 0.05) is 37.2 Å². The first-order valence-corrected chi connectivity index (χ1v) is 9.70. The summed E-state index contributed by atoms with van der Waals surface area (Å²) >= 11 is 0. The predicted octanol–water partition coefficient (Wildman–Crippen LogP) is -0.0733. The lowest BCUT2D eigenvalue weighted by atomic mass is 10.1. The molecule has 0 spiro atoms. The van der Waals surface area contributed by atoms with Crippen LogP contribution >= 0.6 is 0 Å². The Morgan fingerprint density at radius 2 is 2.03 bits per heavy atom. The van der Waals surface area contributed by atoms with E-state index in [9.17, 15) is 9.90 Å². The van der Waals surface area contributed by atoms with Crippen molar-refractivity contribution in [1.82, 2.24) is 30.1 Å². The molecular formula is C19H24N6O5. The molecule has 0 radical (unpaired) electrons. The molecule has 0 amide bonds. The van der Waals surface area contributed by atoms with Gasteiger partial charge in [-0.05, 0) is 22.6 Å². The highest BCUT2D eigenvalue weighted by molar-refractivity contribution is 5.83. The van der Waals surface area contributed by atoms with Crippen molar-refractivity contribution in [2.24, 2.45) is 0 Å². The molecule has 0 atom stereocenters. The first-order valence-electron chi connectivity index (χ1n) is 9.70. The molecular weight excluding hydrogens is 392 g/mol. The van der Waals surface area contributed by atoms with Crippen LogP contribution in [0, 0.1) is 0 Å². The van der Waals surface area contributed by atoms with Crippen molar-refractivity contribution in [3.05, 3.63) is 39.9 Å². The summed E-state index contributed by atoms with van der Waals surface area (Å²) in [6.45, 7) is 3.03. The van der Waals surface area contributed by atoms with Crippen LogP contribution in [0.5, 0.6) is 11.5 Å². The zero-order valence-corrected chi connectivity index (χ0v) is 16.7. The number of tetrazole rings is 1. The Hall–Kier alpha value is -3.02. The van der Waals surface area contributed by atoms with Crippen LogP contribution in [0.1, 0.15) is 11.4 Å². The second-order valence-electron chi connectivity index (χ2n) is 6.95. The molecule has 11 nitrogen and oxygen atoms in total. The van der Waals surface area contributed by atoms with Gasteiger partial charge < -0.3 is 24.3 Å². The number of ether oxygens (including phenoxy) is 3. The van der Waals surface area contributed by atoms with Crippen molar-refractivity contribution >= 4 is 10.9 Å². The molecule has 3 aromatic rings. The van der Waals surface area contributed by atoms with Crippen molar-refractivity contribution in [1.29, 1.82) is 0 Å². The topological polar surface area (TPSA) is 128 Å². The second-order valence-corrected chi connectivity index (χ2v) is 6.95. The molecule has 3 heterocycles. The number of benzene rings is 1. The average molecular weight is 416 g/mol. The molecule has 2 N–H and O–H groups in total. The maximum atomic E-state index is 12.7. The van der Waals surface area contributed by atoms with E-state index < -0.39 is 0 Å². The third kappa shape index (κ3) is 4.42. The highest BCUT2D eigenvalue weighted by atomic mass is 16.6. The number of hydrogen-bond acceptors (Lipinski definition) is 9. The van der Waals surface area contributed by atoms with Gasteiger partial charge in [0.2, 0.25) is 0 Å². The molecule has 0 aliphatic carbocycles. The standard InChI is InChI=1S/C19H24N6O5/c1-28-5-3-25-18(21-22-23-25)12-24(2-4-26)11-14-8-13-9-16-17(30-7-6-29-16)10-15(13)20-19(14)27/h8-10,26H,2-7,11-12H2,1H3,(H,20,27). The number of nitrogens with zero attached hydrogens (tertiary/aromatic N) is 5. The Morgan fingerprint density at radius 3 is 2.80 bits per heavy atom. The van der Waals surface area contributed by atoms with Gasteiger partial charge in [-0.15, -0.1) is 5.10 Å². The minimum Gasteiger partial charge on any atom is -0.486 e. The fourth-order valence-electron chi connectivity index (χ4n) is 3.39. The molecule has 30 heavy (non-hydrogen) atoms. The number of fused-ring (bicyclic) bond motifs is 2. The van der Waals surface area contributed by atoms with Gasteiger partial charge in [-0.1, -0.05) is 0 Å². The van der Waals surface area contributed by atoms with E-state index in [2.05, 4.69) is 20.5 Å². The summed E-state index contributed by atoms with van der Waals surface area (Å²) in [7, 11) is 1.61. The largest absolute Gasteiger partial charge is 0.486 e. The number of nitrogens with one attached hydrogen (secondary N) is 1. The molecule has 0 unspecified atom stereocenters. The second kappa shape index (κ2) is 9.20. The summed E-state index contributed by atoms with van der Waals surface area (Å²) in [4.78, 5) is 17.5. The molecule has 1 aromatic carbocycles. The maximum Gasteiger partial charge on any atom is 0.252 e. The predicted molar refractivity (Wildman–Crippen MR) is 106 cm³/mol. The summed E-state index contributed by atoms with van der Waals surface area (Å²) in [5.74, 6) is 1.93. The lowest BCUT2D eigenvalue weighted by Gasteiger charge is -2.21. The van der Waals surface area contributed by atoms with Gasteiger partial charge in [-0.25, -0.2) is 4.68 Å². The Kier molecular flexibility index (Phi) is 6.21. The van der Waals surface area contributed by atoms with Gasteiger partial charge in [0.05, 0.1) is 31.8 Å². The molecule has 0 bridgehead atoms. The van der Waals surface area contributed by atoms with E-state index in [1.165, 1.54) is 0 Å². The van der Waals surface area contributed by atoms with Crippen LogP contribution in [-0.2, 0) is 24.4 Å². The highest BCUT2D eigenvalue weighted by Crippen LogP contribution is 2.33. The Balaban J connectivity index is 1.57. The maximum absolute atomic E-state index is 12.7. The number of H-pyrrole nitrogens is 1. The van der Waals surface area contributed by atoms with Gasteiger partial charge in [0.1, 0.15) is 13.2 Å². The van der Waals surface area contributed by atoms with E-state index in [4.69, 9.17) is 14.2 Å². The number of aromatic nitrogens is 5. The fourth-order valence-corrected chi connectivity index (χ4v) is 3.39. The molecule has 0 fully saturated rings. The van der Waals surface area contributed by atoms with Crippen LogP contribution in [0.4, 0.5) is 0 Å². The van der Waals surface area contributed by atoms with Gasteiger partial charge >= 0.3 is 0 Å². The quantitative estimate of drug-likeness (QED) is 0.492. The van der Waals surface area contributed by atoms with Gasteiger partial charge in [-0.3, -0.25) is 9.69 Å². The average Bonchev–Trinajstić information content (AvgIpc) is 3.18. The van der Waals surface area contributed by atoms with Crippen LogP contribution in [0.25, 0.3) is 10.9 Å². The summed E-state index contributed by atoms with van der Waals surface area (Å²) < 4.78 is 18.0. The normalized spacial score (nSPS) is 13.3. The van der Waals surface area contributed by atoms with Crippen LogP contribution in [-0.4, -0.2) is 75.3 Å². The fraction of sp³-hybridized carbons (Fsp3) is 0.474. The smallest absolute Gasteiger partial charge is 0.252 e. The first-order chi connectivity index (χ1) is 14.7. The number of rotatable bonds is 9. The van der Waals surface area contributed by atoms with Gasteiger partial charge in [0.15, 0.2) is 17.3 Å². The summed E-state index contributed by atoms with van der Waals surface area (Å²) in [5, 5.41) is 22.1. The monoisotopic (exact) mass is 416 g/mol. The van der Waals surface area contributed by atoms with Crippen molar-refractivity contribution in [3.63, 3.8) is 0 Å². The van der Waals surface area contributed by atoms with Gasteiger partial charge in [0.25, 0.3) is 5.56 Å². The SMILES string of the molecule is COCCn1nnnc1CN(CCO)Cc1cc2cc3c(cc2[nH]c1=O)OCCO3. The van der Waals surface area contributed by atoms with Crippen molar-refractivity contribution in [2.75, 3.05) is 40.1 Å². The Morgan fingerprint density at radius 1 is 1.23 bits per heavy atom. The minimum atomic E-state index is -0.193. The van der Waals surface area contributed by atoms with E-state index in [1.54, 1.807) is 17.9 Å². The van der Waals surface area contributed by atoms with Crippen molar-refractivity contribution in [2.45, 2.75) is 19.6 Å². The van der Waals surface area contributed by atoms with E-state index in [1.807, 2.05) is 17.0 Å². The van der Waals surface area contributed by atoms with E-state index >= 15 is 0 Å². The molecule has 0 saturated heterocycles. The lowest BCUT2D eigenvalue weighted by molar-refractivity contribution is 0.167. The molecule has 11 heteroatoms. The zero-order chi connectivity index (χ0) is 20.9. The number of hydrogen-bond donors (Lipinski definition) is 2. The van der Waals surface area contributed by atoms with E-state index in [0.717, 1.165) is 5.39 Å². The summed E-state index contributed by atoms with van der Waals surface area (Å²) in [6.07, 6.45) is 0. The first kappa shape index (κ1) is 20.3. The molecule has 160 valence electrons. The molecule has 1 aliphatic rings. The number of pyridine rings is 1. The summed E-state index contributed by atoms with van der Waals surface area (Å²) in [6, 6.07) is 5.49. The van der Waals surface area contributed by atoms with E-state index in [0.29, 0.717) is 74.4 Å². The number of methoxy groups -OCH3 is 1. The Bertz CT molecular complexity index is 1070. The van der Waals surface area contributed by atoms with Crippen molar-refractivity contribution < 1.29 is 19.3 Å². The molecule has 2 aromatic heterocycles. The molecule has 4 rings (SSSR count). The number of aliphatic hydroxyl groups is 1. The van der Waals surface area contributed by atoms with Crippen LogP contribution < -0.4 is 15.0 Å². The Labute approximate surface area is 172 Å². The minimum absolute atomic E-state index is 0.0518. The third-order valence-corrected chi connectivity index (χ3v) is 4.87. The lowest BCUT2D eigenvalue weighted by Crippen LogP contribution is -2.30. The zero-order valence-electron chi connectivity index (χ0n) is 16.7. The highest BCUT2D eigenvalue weighted by Gasteiger charge is 2.17. The van der Waals surface area contributed by atoms with E-state index in [-0.39, 0.29) is 12.2 Å². The third-order valence-electron chi connectivity index (χ3n) is 4.87. The number of aliphatic hydroxyl groups excluding tert-OH is 1. The van der Waals surface area contributed by atoms with Crippen LogP contribution in [0.2, 0.25) is 0 Å². The molecule has 1 aliphatic heterocycles.